The van der Waals surface area contributed by atoms with E-state index in [1.54, 1.807) is 12.3 Å². The van der Waals surface area contributed by atoms with Gasteiger partial charge in [-0.15, -0.1) is 0 Å². The fraction of sp³-hybridized carbons (Fsp3) is 0.650. The number of nitrogens with zero attached hydrogens (tertiary/aromatic N) is 1. The molecule has 0 bridgehead atoms. The van der Waals surface area contributed by atoms with Crippen LogP contribution in [0.1, 0.15) is 78.1 Å². The lowest BCUT2D eigenvalue weighted by molar-refractivity contribution is 0.460. The molecule has 0 rings (SSSR count). The lowest BCUT2D eigenvalue weighted by Crippen LogP contribution is -2.03. The van der Waals surface area contributed by atoms with Crippen molar-refractivity contribution in [2.24, 2.45) is 10.9 Å². The Morgan fingerprint density at radius 2 is 1.48 bits per heavy atom. The van der Waals surface area contributed by atoms with Crippen LogP contribution in [-0.2, 0) is 0 Å². The van der Waals surface area contributed by atoms with E-state index in [2.05, 4.69) is 32.0 Å². The Bertz CT molecular complexity index is 300. The standard InChI is InChI=1S/C20H35N/c1-5-9-11-13-15-20(16-14-12-10-6-2)19(8-4)18-21-17-7-3/h7-8,17-18,20H,3-6,9-16H2,1-2H3/b19-18+,21-17?. The highest BCUT2D eigenvalue weighted by molar-refractivity contribution is 5.70. The molecule has 0 atom stereocenters. The third-order valence-corrected chi connectivity index (χ3v) is 3.93. The molecule has 0 aromatic rings. The molecule has 0 aromatic carbocycles. The largest absolute Gasteiger partial charge is 0.264 e. The Hall–Kier alpha value is -1.11. The zero-order chi connectivity index (χ0) is 15.8. The lowest BCUT2D eigenvalue weighted by Gasteiger charge is -2.18. The Morgan fingerprint density at radius 1 is 0.905 bits per heavy atom. The molecule has 0 N–H and O–H groups in total. The van der Waals surface area contributed by atoms with Gasteiger partial charge in [-0.25, -0.2) is 0 Å². The van der Waals surface area contributed by atoms with Crippen molar-refractivity contribution in [2.75, 3.05) is 0 Å². The average Bonchev–Trinajstić information content (AvgIpc) is 2.50. The summed E-state index contributed by atoms with van der Waals surface area (Å²) in [6.45, 7) is 12.2. The van der Waals surface area contributed by atoms with Crippen LogP contribution in [0.15, 0.2) is 42.1 Å². The number of hydrogen-bond acceptors (Lipinski definition) is 1. The van der Waals surface area contributed by atoms with Gasteiger partial charge in [-0.1, -0.05) is 90.5 Å². The van der Waals surface area contributed by atoms with E-state index in [0.717, 1.165) is 0 Å². The molecular formula is C20H35N. The van der Waals surface area contributed by atoms with Gasteiger partial charge in [0.2, 0.25) is 0 Å². The minimum atomic E-state index is 0.623. The molecule has 1 nitrogen and oxygen atoms in total. The second-order valence-corrected chi connectivity index (χ2v) is 5.76. The second kappa shape index (κ2) is 15.3. The molecule has 0 aromatic heterocycles. The number of hydrogen-bond donors (Lipinski definition) is 0. The minimum Gasteiger partial charge on any atom is -0.264 e. The van der Waals surface area contributed by atoms with Gasteiger partial charge in [0.05, 0.1) is 0 Å². The molecule has 21 heavy (non-hydrogen) atoms. The highest BCUT2D eigenvalue weighted by atomic mass is 14.7. The van der Waals surface area contributed by atoms with Crippen molar-refractivity contribution in [3.05, 3.63) is 37.1 Å². The van der Waals surface area contributed by atoms with Gasteiger partial charge in [0, 0.05) is 12.4 Å². The van der Waals surface area contributed by atoms with Gasteiger partial charge in [0.15, 0.2) is 0 Å². The van der Waals surface area contributed by atoms with Crippen LogP contribution in [-0.4, -0.2) is 6.21 Å². The summed E-state index contributed by atoms with van der Waals surface area (Å²) in [5.41, 5.74) is 1.29. The maximum atomic E-state index is 4.29. The van der Waals surface area contributed by atoms with Crippen molar-refractivity contribution < 1.29 is 0 Å². The topological polar surface area (TPSA) is 12.4 Å². The Kier molecular flexibility index (Phi) is 14.5. The molecule has 0 aliphatic rings. The second-order valence-electron chi connectivity index (χ2n) is 5.76. The first-order valence-electron chi connectivity index (χ1n) is 8.76. The molecule has 0 unspecified atom stereocenters. The van der Waals surface area contributed by atoms with E-state index >= 15 is 0 Å². The average molecular weight is 290 g/mol. The monoisotopic (exact) mass is 289 g/mol. The number of unbranched alkanes of at least 4 members (excludes halogenated alkanes) is 6. The van der Waals surface area contributed by atoms with Crippen LogP contribution in [0.3, 0.4) is 0 Å². The summed E-state index contributed by atoms with van der Waals surface area (Å²) >= 11 is 0. The van der Waals surface area contributed by atoms with Crippen LogP contribution >= 0.6 is 0 Å². The summed E-state index contributed by atoms with van der Waals surface area (Å²) in [7, 11) is 0. The van der Waals surface area contributed by atoms with Crippen LogP contribution in [0.2, 0.25) is 0 Å². The zero-order valence-electron chi connectivity index (χ0n) is 14.3. The smallest absolute Gasteiger partial charge is 0.0302 e. The Balaban J connectivity index is 4.49. The van der Waals surface area contributed by atoms with Gasteiger partial charge < -0.3 is 0 Å². The minimum absolute atomic E-state index is 0.623. The van der Waals surface area contributed by atoms with E-state index in [-0.39, 0.29) is 0 Å². The first kappa shape index (κ1) is 19.9. The normalized spacial score (nSPS) is 12.2. The van der Waals surface area contributed by atoms with Crippen molar-refractivity contribution in [3.8, 4) is 0 Å². The summed E-state index contributed by atoms with van der Waals surface area (Å²) < 4.78 is 0. The van der Waals surface area contributed by atoms with Crippen molar-refractivity contribution in [1.29, 1.82) is 0 Å². The van der Waals surface area contributed by atoms with Crippen molar-refractivity contribution in [3.63, 3.8) is 0 Å². The maximum Gasteiger partial charge on any atom is 0.0302 e. The van der Waals surface area contributed by atoms with Crippen molar-refractivity contribution >= 4 is 6.21 Å². The third kappa shape index (κ3) is 11.2. The molecule has 0 saturated carbocycles. The molecule has 0 radical (unpaired) electrons. The van der Waals surface area contributed by atoms with E-state index in [0.29, 0.717) is 5.92 Å². The van der Waals surface area contributed by atoms with Gasteiger partial charge in [-0.05, 0) is 24.3 Å². The Labute approximate surface area is 132 Å². The Morgan fingerprint density at radius 3 is 1.90 bits per heavy atom. The predicted octanol–water partition coefficient (Wildman–Crippen LogP) is 6.87. The van der Waals surface area contributed by atoms with Crippen LogP contribution in [0, 0.1) is 5.92 Å². The molecule has 120 valence electrons. The molecule has 0 fully saturated rings. The third-order valence-electron chi connectivity index (χ3n) is 3.93. The zero-order valence-corrected chi connectivity index (χ0v) is 14.3. The molecule has 0 heterocycles. The summed E-state index contributed by atoms with van der Waals surface area (Å²) in [5.74, 6) is 0.623. The molecule has 0 amide bonds. The van der Waals surface area contributed by atoms with Crippen LogP contribution < -0.4 is 0 Å². The summed E-state index contributed by atoms with van der Waals surface area (Å²) in [6, 6.07) is 0. The summed E-state index contributed by atoms with van der Waals surface area (Å²) in [4.78, 5) is 4.29. The van der Waals surface area contributed by atoms with Crippen molar-refractivity contribution in [2.45, 2.75) is 78.1 Å². The van der Waals surface area contributed by atoms with Gasteiger partial charge in [-0.2, -0.15) is 0 Å². The molecule has 0 aliphatic carbocycles. The van der Waals surface area contributed by atoms with E-state index in [1.807, 2.05) is 12.3 Å². The molecule has 0 spiro atoms. The summed E-state index contributed by atoms with van der Waals surface area (Å²) in [5, 5.41) is 0. The summed E-state index contributed by atoms with van der Waals surface area (Å²) in [6.07, 6.45) is 20.6. The highest BCUT2D eigenvalue weighted by Gasteiger charge is 2.11. The first-order valence-corrected chi connectivity index (χ1v) is 8.76. The fourth-order valence-corrected chi connectivity index (χ4v) is 2.63. The molecule has 1 heteroatoms. The van der Waals surface area contributed by atoms with Gasteiger partial charge >= 0.3 is 0 Å². The maximum absolute atomic E-state index is 4.29. The van der Waals surface area contributed by atoms with E-state index in [1.165, 1.54) is 69.8 Å². The van der Waals surface area contributed by atoms with Gasteiger partial charge in [0.1, 0.15) is 0 Å². The number of aliphatic imine (C=N–C) groups is 1. The van der Waals surface area contributed by atoms with Gasteiger partial charge in [-0.3, -0.25) is 4.99 Å². The first-order chi connectivity index (χ1) is 10.3. The van der Waals surface area contributed by atoms with E-state index < -0.39 is 0 Å². The van der Waals surface area contributed by atoms with Crippen LogP contribution in [0.25, 0.3) is 0 Å². The number of allylic oxidation sites excluding steroid dienone is 3. The quantitative estimate of drug-likeness (QED) is 0.188. The van der Waals surface area contributed by atoms with Crippen molar-refractivity contribution in [1.82, 2.24) is 0 Å². The molecule has 0 aliphatic heterocycles. The SMILES string of the molecule is C=CC=N/C=C(\C=C)C(CCCCCC)CCCCCC. The molecular weight excluding hydrogens is 254 g/mol. The predicted molar refractivity (Wildman–Crippen MR) is 98.0 cm³/mol. The highest BCUT2D eigenvalue weighted by Crippen LogP contribution is 2.26. The fourth-order valence-electron chi connectivity index (χ4n) is 2.63. The van der Waals surface area contributed by atoms with E-state index in [4.69, 9.17) is 0 Å². The number of rotatable bonds is 14. The van der Waals surface area contributed by atoms with Crippen LogP contribution in [0.5, 0.6) is 0 Å². The van der Waals surface area contributed by atoms with E-state index in [9.17, 15) is 0 Å². The van der Waals surface area contributed by atoms with Gasteiger partial charge in [0.25, 0.3) is 0 Å². The molecule has 0 saturated heterocycles. The lowest BCUT2D eigenvalue weighted by atomic mass is 9.88. The van der Waals surface area contributed by atoms with Crippen LogP contribution in [0.4, 0.5) is 0 Å².